The van der Waals surface area contributed by atoms with E-state index in [1.54, 1.807) is 6.07 Å². The Morgan fingerprint density at radius 2 is 2.32 bits per heavy atom. The molecule has 98 valence electrons. The van der Waals surface area contributed by atoms with Crippen LogP contribution in [-0.2, 0) is 24.8 Å². The standard InChI is InChI=1S/C14H14ClN3O/c1-18-3-2-9(8-18)7-16-13-4-10-5-14(19)17-12(10)6-11(13)15/h2-4,6,8,16H,5,7H2,1H3,(H,17,19). The molecule has 0 saturated heterocycles. The largest absolute Gasteiger partial charge is 0.380 e. The maximum atomic E-state index is 11.3. The van der Waals surface area contributed by atoms with Gasteiger partial charge in [0.15, 0.2) is 0 Å². The summed E-state index contributed by atoms with van der Waals surface area (Å²) in [4.78, 5) is 11.3. The van der Waals surface area contributed by atoms with Gasteiger partial charge in [0.05, 0.1) is 17.1 Å². The molecule has 1 aliphatic heterocycles. The molecule has 2 N–H and O–H groups in total. The van der Waals surface area contributed by atoms with E-state index in [2.05, 4.69) is 22.9 Å². The molecular formula is C14H14ClN3O. The predicted molar refractivity (Wildman–Crippen MR) is 76.5 cm³/mol. The van der Waals surface area contributed by atoms with E-state index in [0.717, 1.165) is 16.9 Å². The Labute approximate surface area is 116 Å². The molecule has 0 bridgehead atoms. The molecule has 1 aliphatic rings. The smallest absolute Gasteiger partial charge is 0.228 e. The van der Waals surface area contributed by atoms with Gasteiger partial charge in [-0.2, -0.15) is 0 Å². The molecule has 5 heteroatoms. The zero-order valence-electron chi connectivity index (χ0n) is 10.5. The van der Waals surface area contributed by atoms with Crippen LogP contribution in [0.3, 0.4) is 0 Å². The lowest BCUT2D eigenvalue weighted by atomic mass is 10.1. The maximum absolute atomic E-state index is 11.3. The molecular weight excluding hydrogens is 262 g/mol. The number of hydrogen-bond donors (Lipinski definition) is 2. The second kappa shape index (κ2) is 4.63. The van der Waals surface area contributed by atoms with Gasteiger partial charge in [0.1, 0.15) is 0 Å². The number of hydrogen-bond acceptors (Lipinski definition) is 2. The van der Waals surface area contributed by atoms with E-state index in [9.17, 15) is 4.79 Å². The summed E-state index contributed by atoms with van der Waals surface area (Å²) >= 11 is 6.21. The number of carbonyl (C=O) groups is 1. The number of carbonyl (C=O) groups excluding carboxylic acids is 1. The number of aryl methyl sites for hydroxylation is 1. The minimum Gasteiger partial charge on any atom is -0.380 e. The Bertz CT molecular complexity index is 648. The first kappa shape index (κ1) is 12.1. The number of rotatable bonds is 3. The van der Waals surface area contributed by atoms with Gasteiger partial charge in [-0.15, -0.1) is 0 Å². The van der Waals surface area contributed by atoms with E-state index in [1.165, 1.54) is 5.56 Å². The first-order valence-corrected chi connectivity index (χ1v) is 6.46. The Morgan fingerprint density at radius 3 is 3.05 bits per heavy atom. The van der Waals surface area contributed by atoms with Crippen molar-refractivity contribution in [1.82, 2.24) is 4.57 Å². The summed E-state index contributed by atoms with van der Waals surface area (Å²) in [5, 5.41) is 6.71. The molecule has 4 nitrogen and oxygen atoms in total. The molecule has 1 aromatic heterocycles. The number of benzene rings is 1. The van der Waals surface area contributed by atoms with Gasteiger partial charge >= 0.3 is 0 Å². The fourth-order valence-electron chi connectivity index (χ4n) is 2.25. The van der Waals surface area contributed by atoms with Crippen molar-refractivity contribution in [2.24, 2.45) is 7.05 Å². The fraction of sp³-hybridized carbons (Fsp3) is 0.214. The average Bonchev–Trinajstić information content (AvgIpc) is 2.91. The van der Waals surface area contributed by atoms with Crippen molar-refractivity contribution in [2.75, 3.05) is 10.6 Å². The number of amides is 1. The third-order valence-corrected chi connectivity index (χ3v) is 3.51. The Balaban J connectivity index is 1.78. The summed E-state index contributed by atoms with van der Waals surface area (Å²) in [6.45, 7) is 0.709. The van der Waals surface area contributed by atoms with Gasteiger partial charge in [0.2, 0.25) is 5.91 Å². The second-order valence-electron chi connectivity index (χ2n) is 4.75. The normalized spacial score (nSPS) is 13.3. The van der Waals surface area contributed by atoms with Gasteiger partial charge in [0.25, 0.3) is 0 Å². The van der Waals surface area contributed by atoms with Crippen LogP contribution in [0.4, 0.5) is 11.4 Å². The average molecular weight is 276 g/mol. The van der Waals surface area contributed by atoms with Crippen LogP contribution in [-0.4, -0.2) is 10.5 Å². The van der Waals surface area contributed by atoms with Crippen LogP contribution in [0, 0.1) is 0 Å². The highest BCUT2D eigenvalue weighted by atomic mass is 35.5. The lowest BCUT2D eigenvalue weighted by Crippen LogP contribution is -2.03. The summed E-state index contributed by atoms with van der Waals surface area (Å²) in [6.07, 6.45) is 4.48. The Hall–Kier alpha value is -1.94. The summed E-state index contributed by atoms with van der Waals surface area (Å²) in [5.74, 6) is 0.0197. The topological polar surface area (TPSA) is 46.1 Å². The van der Waals surface area contributed by atoms with Crippen LogP contribution in [0.25, 0.3) is 0 Å². The van der Waals surface area contributed by atoms with Gasteiger partial charge < -0.3 is 15.2 Å². The van der Waals surface area contributed by atoms with Gasteiger partial charge in [-0.3, -0.25) is 4.79 Å². The number of nitrogens with zero attached hydrogens (tertiary/aromatic N) is 1. The number of anilines is 2. The highest BCUT2D eigenvalue weighted by molar-refractivity contribution is 6.33. The molecule has 0 radical (unpaired) electrons. The third-order valence-electron chi connectivity index (χ3n) is 3.19. The van der Waals surface area contributed by atoms with Gasteiger partial charge in [0, 0.05) is 31.7 Å². The van der Waals surface area contributed by atoms with Gasteiger partial charge in [-0.1, -0.05) is 11.6 Å². The predicted octanol–water partition coefficient (Wildman–Crippen LogP) is 2.79. The molecule has 19 heavy (non-hydrogen) atoms. The number of fused-ring (bicyclic) bond motifs is 1. The third kappa shape index (κ3) is 2.44. The minimum absolute atomic E-state index is 0.0197. The van der Waals surface area contributed by atoms with Crippen molar-refractivity contribution in [3.63, 3.8) is 0 Å². The summed E-state index contributed by atoms with van der Waals surface area (Å²) in [7, 11) is 1.99. The number of aromatic nitrogens is 1. The lowest BCUT2D eigenvalue weighted by Gasteiger charge is -2.09. The van der Waals surface area contributed by atoms with Crippen molar-refractivity contribution in [1.29, 1.82) is 0 Å². The van der Waals surface area contributed by atoms with Gasteiger partial charge in [-0.25, -0.2) is 0 Å². The van der Waals surface area contributed by atoms with Crippen molar-refractivity contribution in [3.05, 3.63) is 46.7 Å². The van der Waals surface area contributed by atoms with Crippen LogP contribution in [0.2, 0.25) is 5.02 Å². The summed E-state index contributed by atoms with van der Waals surface area (Å²) in [5.41, 5.74) is 3.86. The summed E-state index contributed by atoms with van der Waals surface area (Å²) in [6, 6.07) is 5.80. The molecule has 2 aromatic rings. The Morgan fingerprint density at radius 1 is 1.47 bits per heavy atom. The molecule has 0 aliphatic carbocycles. The SMILES string of the molecule is Cn1ccc(CNc2cc3c(cc2Cl)NC(=O)C3)c1. The van der Waals surface area contributed by atoms with Gasteiger partial charge in [-0.05, 0) is 29.3 Å². The molecule has 0 atom stereocenters. The van der Waals surface area contributed by atoms with E-state index in [0.29, 0.717) is 18.0 Å². The molecule has 1 amide bonds. The molecule has 0 saturated carbocycles. The first-order valence-electron chi connectivity index (χ1n) is 6.09. The van der Waals surface area contributed by atoms with Crippen molar-refractivity contribution >= 4 is 28.9 Å². The molecule has 2 heterocycles. The molecule has 0 spiro atoms. The lowest BCUT2D eigenvalue weighted by molar-refractivity contribution is -0.115. The summed E-state index contributed by atoms with van der Waals surface area (Å²) < 4.78 is 2.00. The molecule has 0 unspecified atom stereocenters. The van der Waals surface area contributed by atoms with Crippen LogP contribution in [0.15, 0.2) is 30.6 Å². The van der Waals surface area contributed by atoms with Crippen molar-refractivity contribution < 1.29 is 4.79 Å². The number of nitrogens with one attached hydrogen (secondary N) is 2. The van der Waals surface area contributed by atoms with Crippen LogP contribution >= 0.6 is 11.6 Å². The highest BCUT2D eigenvalue weighted by Gasteiger charge is 2.19. The monoisotopic (exact) mass is 275 g/mol. The molecule has 0 fully saturated rings. The molecule has 1 aromatic carbocycles. The van der Waals surface area contributed by atoms with Crippen molar-refractivity contribution in [2.45, 2.75) is 13.0 Å². The van der Waals surface area contributed by atoms with Crippen LogP contribution < -0.4 is 10.6 Å². The first-order chi connectivity index (χ1) is 9.11. The minimum atomic E-state index is 0.0197. The Kier molecular flexibility index (Phi) is 2.95. The van der Waals surface area contributed by atoms with E-state index in [1.807, 2.05) is 23.9 Å². The van der Waals surface area contributed by atoms with Crippen LogP contribution in [0.1, 0.15) is 11.1 Å². The second-order valence-corrected chi connectivity index (χ2v) is 5.16. The fourth-order valence-corrected chi connectivity index (χ4v) is 2.48. The van der Waals surface area contributed by atoms with Crippen LogP contribution in [0.5, 0.6) is 0 Å². The van der Waals surface area contributed by atoms with E-state index in [-0.39, 0.29) is 5.91 Å². The van der Waals surface area contributed by atoms with E-state index in [4.69, 9.17) is 11.6 Å². The number of halogens is 1. The van der Waals surface area contributed by atoms with E-state index < -0.39 is 0 Å². The quantitative estimate of drug-likeness (QED) is 0.905. The zero-order chi connectivity index (χ0) is 13.4. The van der Waals surface area contributed by atoms with E-state index >= 15 is 0 Å². The highest BCUT2D eigenvalue weighted by Crippen LogP contribution is 2.33. The molecule has 3 rings (SSSR count). The van der Waals surface area contributed by atoms with Crippen molar-refractivity contribution in [3.8, 4) is 0 Å². The maximum Gasteiger partial charge on any atom is 0.228 e. The zero-order valence-corrected chi connectivity index (χ0v) is 11.3.